The van der Waals surface area contributed by atoms with Crippen LogP contribution in [0.25, 0.3) is 0 Å². The van der Waals surface area contributed by atoms with E-state index in [1.807, 2.05) is 11.8 Å². The van der Waals surface area contributed by atoms with Gasteiger partial charge in [-0.15, -0.1) is 0 Å². The number of benzene rings is 1. The summed E-state index contributed by atoms with van der Waals surface area (Å²) in [6.07, 6.45) is 3.41. The molecule has 1 aromatic rings. The number of rotatable bonds is 9. The van der Waals surface area contributed by atoms with Crippen LogP contribution in [0.4, 0.5) is 0 Å². The number of nitrogens with zero attached hydrogens (tertiary/aromatic N) is 1. The number of thioether (sulfide) groups is 1. The molecule has 0 bridgehead atoms. The molecule has 1 rings (SSSR count). The molecule has 0 aliphatic heterocycles. The van der Waals surface area contributed by atoms with Gasteiger partial charge in [0.1, 0.15) is 0 Å². The normalized spacial score (nSPS) is 12.9. The van der Waals surface area contributed by atoms with Crippen molar-refractivity contribution >= 4 is 11.8 Å². The van der Waals surface area contributed by atoms with Crippen LogP contribution in [0.15, 0.2) is 24.3 Å². The maximum atomic E-state index is 3.42. The first-order valence-electron chi connectivity index (χ1n) is 7.19. The Bertz CT molecular complexity index is 354. The van der Waals surface area contributed by atoms with Crippen molar-refractivity contribution in [3.8, 4) is 0 Å². The summed E-state index contributed by atoms with van der Waals surface area (Å²) >= 11 is 1.94. The van der Waals surface area contributed by atoms with E-state index in [2.05, 4.69) is 61.6 Å². The van der Waals surface area contributed by atoms with Crippen LogP contribution in [0, 0.1) is 0 Å². The molecule has 2 nitrogen and oxygen atoms in total. The average molecular weight is 280 g/mol. The molecular formula is C16H28N2S. The average Bonchev–Trinajstić information content (AvgIpc) is 2.43. The van der Waals surface area contributed by atoms with Crippen LogP contribution in [-0.4, -0.2) is 36.5 Å². The topological polar surface area (TPSA) is 15.3 Å². The lowest BCUT2D eigenvalue weighted by Crippen LogP contribution is -2.33. The summed E-state index contributed by atoms with van der Waals surface area (Å²) < 4.78 is 0. The highest BCUT2D eigenvalue weighted by Crippen LogP contribution is 2.15. The van der Waals surface area contributed by atoms with Crippen molar-refractivity contribution < 1.29 is 0 Å². The molecule has 19 heavy (non-hydrogen) atoms. The highest BCUT2D eigenvalue weighted by Gasteiger charge is 2.13. The van der Waals surface area contributed by atoms with Crippen LogP contribution < -0.4 is 5.32 Å². The van der Waals surface area contributed by atoms with Crippen LogP contribution >= 0.6 is 11.8 Å². The predicted molar refractivity (Wildman–Crippen MR) is 87.8 cm³/mol. The number of nitrogens with one attached hydrogen (secondary N) is 1. The standard InChI is InChI=1S/C16H28N2S/c1-5-16(13-19-4)18(3)12-15-10-8-7-9-14(15)11-17-6-2/h7-10,16-17H,5-6,11-13H2,1-4H3. The van der Waals surface area contributed by atoms with Crippen LogP contribution in [0.5, 0.6) is 0 Å². The summed E-state index contributed by atoms with van der Waals surface area (Å²) in [4.78, 5) is 2.49. The van der Waals surface area contributed by atoms with E-state index >= 15 is 0 Å². The molecule has 0 heterocycles. The first-order chi connectivity index (χ1) is 9.22. The summed E-state index contributed by atoms with van der Waals surface area (Å²) in [5, 5.41) is 3.42. The lowest BCUT2D eigenvalue weighted by Gasteiger charge is -2.27. The minimum absolute atomic E-state index is 0.669. The maximum absolute atomic E-state index is 3.42. The summed E-state index contributed by atoms with van der Waals surface area (Å²) in [7, 11) is 2.24. The molecule has 0 amide bonds. The molecule has 3 heteroatoms. The summed E-state index contributed by atoms with van der Waals surface area (Å²) in [5.41, 5.74) is 2.88. The molecule has 0 saturated carbocycles. The van der Waals surface area contributed by atoms with Crippen molar-refractivity contribution in [1.82, 2.24) is 10.2 Å². The number of hydrogen-bond donors (Lipinski definition) is 1. The lowest BCUT2D eigenvalue weighted by molar-refractivity contribution is 0.247. The third-order valence-corrected chi connectivity index (χ3v) is 4.28. The zero-order valence-corrected chi connectivity index (χ0v) is 13.6. The van der Waals surface area contributed by atoms with Crippen LogP contribution in [0.1, 0.15) is 31.4 Å². The smallest absolute Gasteiger partial charge is 0.0237 e. The van der Waals surface area contributed by atoms with Gasteiger partial charge in [0.15, 0.2) is 0 Å². The highest BCUT2D eigenvalue weighted by molar-refractivity contribution is 7.98. The van der Waals surface area contributed by atoms with Gasteiger partial charge in [-0.3, -0.25) is 4.90 Å². The Labute approximate surface area is 123 Å². The van der Waals surface area contributed by atoms with E-state index in [-0.39, 0.29) is 0 Å². The van der Waals surface area contributed by atoms with E-state index in [0.717, 1.165) is 19.6 Å². The molecule has 1 atom stereocenters. The first-order valence-corrected chi connectivity index (χ1v) is 8.58. The molecule has 0 spiro atoms. The molecule has 0 saturated heterocycles. The fraction of sp³-hybridized carbons (Fsp3) is 0.625. The van der Waals surface area contributed by atoms with Gasteiger partial charge in [0.05, 0.1) is 0 Å². The van der Waals surface area contributed by atoms with Crippen molar-refractivity contribution in [2.24, 2.45) is 0 Å². The summed E-state index contributed by atoms with van der Waals surface area (Å²) in [6, 6.07) is 9.45. The quantitative estimate of drug-likeness (QED) is 0.746. The Morgan fingerprint density at radius 1 is 1.21 bits per heavy atom. The molecule has 0 aliphatic rings. The Morgan fingerprint density at radius 2 is 1.89 bits per heavy atom. The van der Waals surface area contributed by atoms with Gasteiger partial charge in [-0.2, -0.15) is 11.8 Å². The minimum Gasteiger partial charge on any atom is -0.313 e. The Balaban J connectivity index is 2.69. The van der Waals surface area contributed by atoms with Gasteiger partial charge in [-0.05, 0) is 37.4 Å². The SMILES string of the molecule is CCNCc1ccccc1CN(C)C(CC)CSC. The first kappa shape index (κ1) is 16.5. The fourth-order valence-corrected chi connectivity index (χ4v) is 3.17. The van der Waals surface area contributed by atoms with Gasteiger partial charge in [0.2, 0.25) is 0 Å². The molecular weight excluding hydrogens is 252 g/mol. The van der Waals surface area contributed by atoms with Gasteiger partial charge in [-0.25, -0.2) is 0 Å². The predicted octanol–water partition coefficient (Wildman–Crippen LogP) is 3.37. The van der Waals surface area contributed by atoms with Gasteiger partial charge in [0.25, 0.3) is 0 Å². The van der Waals surface area contributed by atoms with E-state index in [1.165, 1.54) is 23.3 Å². The van der Waals surface area contributed by atoms with Crippen molar-refractivity contribution in [3.63, 3.8) is 0 Å². The fourth-order valence-electron chi connectivity index (χ4n) is 2.29. The van der Waals surface area contributed by atoms with Crippen molar-refractivity contribution in [1.29, 1.82) is 0 Å². The second-order valence-electron chi connectivity index (χ2n) is 4.98. The second-order valence-corrected chi connectivity index (χ2v) is 5.89. The molecule has 1 unspecified atom stereocenters. The summed E-state index contributed by atoms with van der Waals surface area (Å²) in [6.45, 7) is 7.47. The van der Waals surface area contributed by atoms with Crippen LogP contribution in [0.2, 0.25) is 0 Å². The molecule has 108 valence electrons. The van der Waals surface area contributed by atoms with E-state index in [1.54, 1.807) is 0 Å². The van der Waals surface area contributed by atoms with Gasteiger partial charge in [-0.1, -0.05) is 38.1 Å². The van der Waals surface area contributed by atoms with E-state index < -0.39 is 0 Å². The number of hydrogen-bond acceptors (Lipinski definition) is 3. The zero-order chi connectivity index (χ0) is 14.1. The highest BCUT2D eigenvalue weighted by atomic mass is 32.2. The minimum atomic E-state index is 0.669. The second kappa shape index (κ2) is 9.40. The third-order valence-electron chi connectivity index (χ3n) is 3.56. The molecule has 0 radical (unpaired) electrons. The van der Waals surface area contributed by atoms with Gasteiger partial charge < -0.3 is 5.32 Å². The van der Waals surface area contributed by atoms with Crippen molar-refractivity contribution in [2.45, 2.75) is 39.4 Å². The van der Waals surface area contributed by atoms with E-state index in [4.69, 9.17) is 0 Å². The van der Waals surface area contributed by atoms with Crippen LogP contribution in [-0.2, 0) is 13.1 Å². The Hall–Kier alpha value is -0.510. The Kier molecular flexibility index (Phi) is 8.19. The van der Waals surface area contributed by atoms with Crippen molar-refractivity contribution in [3.05, 3.63) is 35.4 Å². The summed E-state index contributed by atoms with van der Waals surface area (Å²) in [5.74, 6) is 1.21. The maximum Gasteiger partial charge on any atom is 0.0237 e. The third kappa shape index (κ3) is 5.55. The molecule has 1 aromatic carbocycles. The van der Waals surface area contributed by atoms with E-state index in [0.29, 0.717) is 6.04 Å². The largest absolute Gasteiger partial charge is 0.313 e. The van der Waals surface area contributed by atoms with Crippen molar-refractivity contribution in [2.75, 3.05) is 25.6 Å². The lowest BCUT2D eigenvalue weighted by atomic mass is 10.1. The van der Waals surface area contributed by atoms with E-state index in [9.17, 15) is 0 Å². The Morgan fingerprint density at radius 3 is 2.47 bits per heavy atom. The molecule has 0 fully saturated rings. The monoisotopic (exact) mass is 280 g/mol. The van der Waals surface area contributed by atoms with Crippen LogP contribution in [0.3, 0.4) is 0 Å². The van der Waals surface area contributed by atoms with Gasteiger partial charge in [0, 0.05) is 24.9 Å². The zero-order valence-electron chi connectivity index (χ0n) is 12.8. The molecule has 1 N–H and O–H groups in total. The molecule has 0 aliphatic carbocycles. The van der Waals surface area contributed by atoms with Gasteiger partial charge >= 0.3 is 0 Å². The molecule has 0 aromatic heterocycles.